The van der Waals surface area contributed by atoms with Crippen LogP contribution >= 0.6 is 11.3 Å². The minimum atomic E-state index is 0.139. The van der Waals surface area contributed by atoms with Crippen molar-refractivity contribution in [3.63, 3.8) is 0 Å². The predicted molar refractivity (Wildman–Crippen MR) is 62.4 cm³/mol. The molecule has 82 valence electrons. The molecule has 0 saturated carbocycles. The van der Waals surface area contributed by atoms with Gasteiger partial charge >= 0.3 is 0 Å². The van der Waals surface area contributed by atoms with Crippen molar-refractivity contribution in [2.45, 2.75) is 37.8 Å². The maximum absolute atomic E-state index is 5.84. The van der Waals surface area contributed by atoms with Crippen LogP contribution in [0.3, 0.4) is 0 Å². The van der Waals surface area contributed by atoms with Crippen LogP contribution in [-0.2, 0) is 16.7 Å². The van der Waals surface area contributed by atoms with Crippen LogP contribution in [0.2, 0.25) is 0 Å². The molecule has 2 atom stereocenters. The molecule has 2 aliphatic heterocycles. The molecule has 1 aromatic heterocycles. The number of nitrogens with one attached hydrogen (secondary N) is 1. The Bertz CT molecular complexity index is 352. The van der Waals surface area contributed by atoms with E-state index < -0.39 is 0 Å². The lowest BCUT2D eigenvalue weighted by Crippen LogP contribution is -2.53. The van der Waals surface area contributed by atoms with Crippen LogP contribution < -0.4 is 5.32 Å². The highest BCUT2D eigenvalue weighted by Gasteiger charge is 2.40. The molecule has 0 radical (unpaired) electrons. The van der Waals surface area contributed by atoms with Crippen LogP contribution in [0.1, 0.15) is 30.2 Å². The highest BCUT2D eigenvalue weighted by molar-refractivity contribution is 7.10. The van der Waals surface area contributed by atoms with Crippen LogP contribution in [0, 0.1) is 0 Å². The lowest BCUT2D eigenvalue weighted by Gasteiger charge is -2.43. The Kier molecular flexibility index (Phi) is 2.34. The quantitative estimate of drug-likeness (QED) is 0.728. The van der Waals surface area contributed by atoms with Gasteiger partial charge < -0.3 is 10.1 Å². The van der Waals surface area contributed by atoms with E-state index in [1.165, 1.54) is 24.8 Å². The summed E-state index contributed by atoms with van der Waals surface area (Å²) in [4.78, 5) is 1.56. The van der Waals surface area contributed by atoms with Crippen molar-refractivity contribution < 1.29 is 4.74 Å². The molecule has 3 heteroatoms. The molecule has 0 amide bonds. The Balaban J connectivity index is 1.94. The van der Waals surface area contributed by atoms with Gasteiger partial charge in [0.25, 0.3) is 0 Å². The Labute approximate surface area is 94.6 Å². The molecule has 3 rings (SSSR count). The van der Waals surface area contributed by atoms with Crippen molar-refractivity contribution in [1.82, 2.24) is 5.32 Å². The number of thiophene rings is 1. The van der Waals surface area contributed by atoms with E-state index in [1.807, 2.05) is 11.3 Å². The maximum Gasteiger partial charge on any atom is 0.0694 e. The van der Waals surface area contributed by atoms with Gasteiger partial charge in [-0.05, 0) is 43.2 Å². The monoisotopic (exact) mass is 223 g/mol. The fourth-order valence-corrected chi connectivity index (χ4v) is 3.69. The standard InChI is InChI=1S/C12H17NOS/c1-9-2-5-12(8-14-9)10-4-7-15-11(10)3-6-13-12/h4,7,9,13H,2-3,5-6,8H2,1H3. The first-order valence-corrected chi connectivity index (χ1v) is 6.62. The summed E-state index contributed by atoms with van der Waals surface area (Å²) in [6, 6.07) is 2.28. The number of hydrogen-bond acceptors (Lipinski definition) is 3. The van der Waals surface area contributed by atoms with E-state index in [0.717, 1.165) is 13.2 Å². The molecule has 15 heavy (non-hydrogen) atoms. The molecule has 0 bridgehead atoms. The molecular weight excluding hydrogens is 206 g/mol. The molecule has 2 aliphatic rings. The summed E-state index contributed by atoms with van der Waals surface area (Å²) in [6.07, 6.45) is 4.01. The van der Waals surface area contributed by atoms with Gasteiger partial charge in [0.2, 0.25) is 0 Å². The molecule has 3 heterocycles. The molecule has 1 saturated heterocycles. The second-order valence-corrected chi connectivity index (χ2v) is 5.68. The lowest BCUT2D eigenvalue weighted by atomic mass is 9.81. The van der Waals surface area contributed by atoms with Crippen molar-refractivity contribution in [2.75, 3.05) is 13.2 Å². The van der Waals surface area contributed by atoms with Crippen molar-refractivity contribution in [3.8, 4) is 0 Å². The molecule has 0 aromatic carbocycles. The van der Waals surface area contributed by atoms with Crippen molar-refractivity contribution in [2.24, 2.45) is 0 Å². The topological polar surface area (TPSA) is 21.3 Å². The molecule has 1 fully saturated rings. The fraction of sp³-hybridized carbons (Fsp3) is 0.667. The lowest BCUT2D eigenvalue weighted by molar-refractivity contribution is -0.0347. The van der Waals surface area contributed by atoms with Crippen LogP contribution in [0.15, 0.2) is 11.4 Å². The first kappa shape index (κ1) is 9.82. The predicted octanol–water partition coefficient (Wildman–Crippen LogP) is 2.29. The average Bonchev–Trinajstić information content (AvgIpc) is 2.72. The summed E-state index contributed by atoms with van der Waals surface area (Å²) in [5.74, 6) is 0. The molecule has 1 N–H and O–H groups in total. The van der Waals surface area contributed by atoms with Gasteiger partial charge in [0.15, 0.2) is 0 Å². The number of ether oxygens (including phenoxy) is 1. The van der Waals surface area contributed by atoms with E-state index in [4.69, 9.17) is 4.74 Å². The van der Waals surface area contributed by atoms with E-state index in [9.17, 15) is 0 Å². The SMILES string of the molecule is CC1CCC2(CO1)NCCc1sccc12. The fourth-order valence-electron chi connectivity index (χ4n) is 2.71. The zero-order valence-corrected chi connectivity index (χ0v) is 9.90. The summed E-state index contributed by atoms with van der Waals surface area (Å²) in [6.45, 7) is 4.12. The zero-order chi connectivity index (χ0) is 10.3. The molecule has 1 spiro atoms. The van der Waals surface area contributed by atoms with Gasteiger partial charge in [0, 0.05) is 11.4 Å². The number of hydrogen-bond donors (Lipinski definition) is 1. The van der Waals surface area contributed by atoms with Gasteiger partial charge in [0.05, 0.1) is 18.2 Å². The third kappa shape index (κ3) is 1.53. The molecule has 2 nitrogen and oxygen atoms in total. The van der Waals surface area contributed by atoms with Crippen LogP contribution in [-0.4, -0.2) is 19.3 Å². The summed E-state index contributed by atoms with van der Waals surface area (Å²) in [5, 5.41) is 5.90. The van der Waals surface area contributed by atoms with E-state index in [0.29, 0.717) is 6.10 Å². The highest BCUT2D eigenvalue weighted by atomic mass is 32.1. The number of rotatable bonds is 0. The van der Waals surface area contributed by atoms with Crippen molar-refractivity contribution in [3.05, 3.63) is 21.9 Å². The smallest absolute Gasteiger partial charge is 0.0694 e. The minimum Gasteiger partial charge on any atom is -0.376 e. The summed E-state index contributed by atoms with van der Waals surface area (Å²) >= 11 is 1.90. The van der Waals surface area contributed by atoms with Gasteiger partial charge in [-0.15, -0.1) is 11.3 Å². The van der Waals surface area contributed by atoms with Gasteiger partial charge in [0.1, 0.15) is 0 Å². The van der Waals surface area contributed by atoms with Crippen LogP contribution in [0.25, 0.3) is 0 Å². The maximum atomic E-state index is 5.84. The molecule has 2 unspecified atom stereocenters. The number of fused-ring (bicyclic) bond motifs is 2. The van der Waals surface area contributed by atoms with E-state index in [-0.39, 0.29) is 5.54 Å². The third-order valence-electron chi connectivity index (χ3n) is 3.67. The Hall–Kier alpha value is -0.380. The molecular formula is C12H17NOS. The van der Waals surface area contributed by atoms with Gasteiger partial charge in [-0.1, -0.05) is 0 Å². The van der Waals surface area contributed by atoms with E-state index in [2.05, 4.69) is 23.7 Å². The zero-order valence-electron chi connectivity index (χ0n) is 9.08. The molecule has 1 aromatic rings. The van der Waals surface area contributed by atoms with Gasteiger partial charge in [-0.25, -0.2) is 0 Å². The Morgan fingerprint density at radius 3 is 3.33 bits per heavy atom. The van der Waals surface area contributed by atoms with Crippen LogP contribution in [0.5, 0.6) is 0 Å². The minimum absolute atomic E-state index is 0.139. The largest absolute Gasteiger partial charge is 0.376 e. The summed E-state index contributed by atoms with van der Waals surface area (Å²) in [7, 11) is 0. The van der Waals surface area contributed by atoms with Crippen LogP contribution in [0.4, 0.5) is 0 Å². The summed E-state index contributed by atoms with van der Waals surface area (Å²) < 4.78 is 5.84. The van der Waals surface area contributed by atoms with Gasteiger partial charge in [-0.2, -0.15) is 0 Å². The Morgan fingerprint density at radius 2 is 2.53 bits per heavy atom. The second-order valence-electron chi connectivity index (χ2n) is 4.68. The van der Waals surface area contributed by atoms with Crippen molar-refractivity contribution in [1.29, 1.82) is 0 Å². The first-order valence-electron chi connectivity index (χ1n) is 5.74. The highest BCUT2D eigenvalue weighted by Crippen LogP contribution is 2.38. The van der Waals surface area contributed by atoms with E-state index >= 15 is 0 Å². The average molecular weight is 223 g/mol. The van der Waals surface area contributed by atoms with Crippen molar-refractivity contribution >= 4 is 11.3 Å². The second kappa shape index (κ2) is 3.58. The normalized spacial score (nSPS) is 35.4. The van der Waals surface area contributed by atoms with Gasteiger partial charge in [-0.3, -0.25) is 0 Å². The summed E-state index contributed by atoms with van der Waals surface area (Å²) in [5.41, 5.74) is 1.64. The first-order chi connectivity index (χ1) is 7.30. The third-order valence-corrected chi connectivity index (χ3v) is 4.65. The van der Waals surface area contributed by atoms with E-state index in [1.54, 1.807) is 4.88 Å². The Morgan fingerprint density at radius 1 is 1.60 bits per heavy atom. The molecule has 0 aliphatic carbocycles.